The predicted molar refractivity (Wildman–Crippen MR) is 124 cm³/mol. The van der Waals surface area contributed by atoms with Gasteiger partial charge in [0.15, 0.2) is 5.75 Å². The third-order valence-electron chi connectivity index (χ3n) is 6.08. The molecule has 0 unspecified atom stereocenters. The highest BCUT2D eigenvalue weighted by molar-refractivity contribution is 5.92. The van der Waals surface area contributed by atoms with Crippen LogP contribution in [0, 0.1) is 5.92 Å². The van der Waals surface area contributed by atoms with Crippen LogP contribution in [0.25, 0.3) is 22.0 Å². The van der Waals surface area contributed by atoms with Crippen LogP contribution in [0.2, 0.25) is 0 Å². The van der Waals surface area contributed by atoms with Crippen LogP contribution < -0.4 is 9.47 Å². The zero-order valence-corrected chi connectivity index (χ0v) is 18.4. The zero-order valence-electron chi connectivity index (χ0n) is 17.6. The summed E-state index contributed by atoms with van der Waals surface area (Å²) in [6.07, 6.45) is 5.88. The van der Waals surface area contributed by atoms with Gasteiger partial charge in [0.25, 0.3) is 0 Å². The topological polar surface area (TPSA) is 51.7 Å². The number of carbonyl (C=O) groups excluding carboxylic acids is 1. The van der Waals surface area contributed by atoms with E-state index in [9.17, 15) is 4.79 Å². The molecule has 5 nitrogen and oxygen atoms in total. The molecule has 0 bridgehead atoms. The van der Waals surface area contributed by atoms with Crippen molar-refractivity contribution in [2.24, 2.45) is 5.92 Å². The number of rotatable bonds is 5. The molecule has 6 heteroatoms. The Morgan fingerprint density at radius 1 is 1.00 bits per heavy atom. The van der Waals surface area contributed by atoms with E-state index >= 15 is 0 Å². The van der Waals surface area contributed by atoms with Gasteiger partial charge in [-0.15, -0.1) is 12.4 Å². The molecule has 2 aliphatic rings. The minimum Gasteiger partial charge on any atom is -0.494 e. The number of pyridine rings is 1. The van der Waals surface area contributed by atoms with Crippen LogP contribution in [0.1, 0.15) is 25.7 Å². The van der Waals surface area contributed by atoms with Crippen molar-refractivity contribution in [2.45, 2.75) is 31.8 Å². The van der Waals surface area contributed by atoms with E-state index in [2.05, 4.69) is 29.2 Å². The van der Waals surface area contributed by atoms with E-state index in [0.717, 1.165) is 72.3 Å². The second kappa shape index (κ2) is 9.15. The summed E-state index contributed by atoms with van der Waals surface area (Å²) in [6, 6.07) is 16.3. The molecule has 2 aromatic carbocycles. The fraction of sp³-hybridized carbons (Fsp3) is 0.360. The molecule has 1 aliphatic heterocycles. The Kier molecular flexibility index (Phi) is 6.33. The van der Waals surface area contributed by atoms with E-state index in [0.29, 0.717) is 11.8 Å². The first-order chi connectivity index (χ1) is 14.7. The van der Waals surface area contributed by atoms with Gasteiger partial charge in [0.2, 0.25) is 5.91 Å². The second-order valence-electron chi connectivity index (χ2n) is 8.16. The molecule has 31 heavy (non-hydrogen) atoms. The van der Waals surface area contributed by atoms with Crippen LogP contribution in [-0.4, -0.2) is 42.1 Å². The minimum absolute atomic E-state index is 0. The summed E-state index contributed by atoms with van der Waals surface area (Å²) in [7, 11) is 1.69. The van der Waals surface area contributed by atoms with Crippen molar-refractivity contribution in [2.75, 3.05) is 20.2 Å². The number of fused-ring (bicyclic) bond motifs is 1. The molecule has 0 N–H and O–H groups in total. The van der Waals surface area contributed by atoms with E-state index < -0.39 is 0 Å². The molecule has 1 aromatic heterocycles. The van der Waals surface area contributed by atoms with Gasteiger partial charge in [0.1, 0.15) is 17.4 Å². The number of halogens is 1. The third-order valence-corrected chi connectivity index (χ3v) is 6.08. The first-order valence-corrected chi connectivity index (χ1v) is 10.7. The van der Waals surface area contributed by atoms with Crippen LogP contribution in [0.5, 0.6) is 11.5 Å². The molecule has 0 spiro atoms. The molecule has 162 valence electrons. The number of amides is 1. The predicted octanol–water partition coefficient (Wildman–Crippen LogP) is 5.11. The smallest absolute Gasteiger partial charge is 0.225 e. The number of ether oxygens (including phenoxy) is 2. The molecule has 1 saturated heterocycles. The van der Waals surface area contributed by atoms with E-state index in [-0.39, 0.29) is 18.5 Å². The lowest BCUT2D eigenvalue weighted by Gasteiger charge is -2.32. The van der Waals surface area contributed by atoms with Gasteiger partial charge in [-0.2, -0.15) is 0 Å². The lowest BCUT2D eigenvalue weighted by molar-refractivity contribution is -0.134. The number of aromatic nitrogens is 1. The normalized spacial score (nSPS) is 16.6. The number of carbonyl (C=O) groups is 1. The summed E-state index contributed by atoms with van der Waals surface area (Å²) in [5.41, 5.74) is 2.95. The summed E-state index contributed by atoms with van der Waals surface area (Å²) in [6.45, 7) is 1.61. The van der Waals surface area contributed by atoms with Crippen LogP contribution in [-0.2, 0) is 4.79 Å². The van der Waals surface area contributed by atoms with Gasteiger partial charge in [0.05, 0.1) is 7.11 Å². The minimum atomic E-state index is 0. The van der Waals surface area contributed by atoms with E-state index in [1.807, 2.05) is 29.2 Å². The summed E-state index contributed by atoms with van der Waals surface area (Å²) in [4.78, 5) is 18.7. The standard InChI is InChI=1S/C25H26N2O3.ClH/c1-29-24-22(11-8-18-3-2-14-26-23(18)24)17-6-9-20(10-7-17)30-21-12-15-27(16-13-21)25(28)19-4-5-19;/h2-3,6-11,14,19,21H,4-5,12-13,15-16H2,1H3;1H. The lowest BCUT2D eigenvalue weighted by atomic mass is 10.0. The molecule has 3 aromatic rings. The first-order valence-electron chi connectivity index (χ1n) is 10.7. The molecule has 2 fully saturated rings. The van der Waals surface area contributed by atoms with Gasteiger partial charge in [-0.05, 0) is 42.7 Å². The number of hydrogen-bond donors (Lipinski definition) is 0. The number of likely N-dealkylation sites (tertiary alicyclic amines) is 1. The highest BCUT2D eigenvalue weighted by Crippen LogP contribution is 2.36. The Bertz CT molecular complexity index is 1060. The summed E-state index contributed by atoms with van der Waals surface area (Å²) >= 11 is 0. The summed E-state index contributed by atoms with van der Waals surface area (Å²) in [5.74, 6) is 2.30. The Morgan fingerprint density at radius 3 is 2.42 bits per heavy atom. The van der Waals surface area contributed by atoms with Gasteiger partial charge >= 0.3 is 0 Å². The van der Waals surface area contributed by atoms with E-state index in [1.54, 1.807) is 13.3 Å². The van der Waals surface area contributed by atoms with Crippen molar-refractivity contribution >= 4 is 29.2 Å². The van der Waals surface area contributed by atoms with Crippen LogP contribution >= 0.6 is 12.4 Å². The van der Waals surface area contributed by atoms with Crippen molar-refractivity contribution in [1.82, 2.24) is 9.88 Å². The Labute approximate surface area is 188 Å². The van der Waals surface area contributed by atoms with Crippen molar-refractivity contribution < 1.29 is 14.3 Å². The molecule has 1 saturated carbocycles. The van der Waals surface area contributed by atoms with Crippen molar-refractivity contribution in [3.05, 3.63) is 54.7 Å². The van der Waals surface area contributed by atoms with Crippen LogP contribution in [0.4, 0.5) is 0 Å². The number of hydrogen-bond acceptors (Lipinski definition) is 4. The molecule has 0 radical (unpaired) electrons. The highest BCUT2D eigenvalue weighted by atomic mass is 35.5. The molecule has 5 rings (SSSR count). The lowest BCUT2D eigenvalue weighted by Crippen LogP contribution is -2.42. The quantitative estimate of drug-likeness (QED) is 0.555. The van der Waals surface area contributed by atoms with Gasteiger partial charge in [0, 0.05) is 49.0 Å². The largest absolute Gasteiger partial charge is 0.494 e. The van der Waals surface area contributed by atoms with Gasteiger partial charge in [-0.1, -0.05) is 24.3 Å². The van der Waals surface area contributed by atoms with Crippen molar-refractivity contribution in [3.8, 4) is 22.6 Å². The van der Waals surface area contributed by atoms with E-state index in [4.69, 9.17) is 9.47 Å². The maximum atomic E-state index is 12.2. The Balaban J connectivity index is 0.00000231. The molecule has 2 heterocycles. The molecule has 1 amide bonds. The maximum absolute atomic E-state index is 12.2. The maximum Gasteiger partial charge on any atom is 0.225 e. The first kappa shape index (κ1) is 21.4. The summed E-state index contributed by atoms with van der Waals surface area (Å²) < 4.78 is 11.9. The number of piperidine rings is 1. The molecule has 1 aliphatic carbocycles. The second-order valence-corrected chi connectivity index (χ2v) is 8.16. The van der Waals surface area contributed by atoms with Gasteiger partial charge < -0.3 is 14.4 Å². The van der Waals surface area contributed by atoms with Gasteiger partial charge in [-0.25, -0.2) is 0 Å². The molecule has 0 atom stereocenters. The summed E-state index contributed by atoms with van der Waals surface area (Å²) in [5, 5.41) is 1.06. The molecular weight excluding hydrogens is 412 g/mol. The van der Waals surface area contributed by atoms with Crippen LogP contribution in [0.15, 0.2) is 54.7 Å². The number of benzene rings is 2. The zero-order chi connectivity index (χ0) is 20.5. The Morgan fingerprint density at radius 2 is 1.74 bits per heavy atom. The van der Waals surface area contributed by atoms with Crippen LogP contribution in [0.3, 0.4) is 0 Å². The average molecular weight is 439 g/mol. The number of nitrogens with zero attached hydrogens (tertiary/aromatic N) is 2. The Hall–Kier alpha value is -2.79. The highest BCUT2D eigenvalue weighted by Gasteiger charge is 2.35. The monoisotopic (exact) mass is 438 g/mol. The molecular formula is C25H27ClN2O3. The number of methoxy groups -OCH3 is 1. The fourth-order valence-corrected chi connectivity index (χ4v) is 4.24. The van der Waals surface area contributed by atoms with E-state index in [1.165, 1.54) is 0 Å². The van der Waals surface area contributed by atoms with Crippen molar-refractivity contribution in [1.29, 1.82) is 0 Å². The van der Waals surface area contributed by atoms with Crippen molar-refractivity contribution in [3.63, 3.8) is 0 Å². The van der Waals surface area contributed by atoms with Gasteiger partial charge in [-0.3, -0.25) is 9.78 Å². The third kappa shape index (κ3) is 4.47. The fourth-order valence-electron chi connectivity index (χ4n) is 4.24. The average Bonchev–Trinajstić information content (AvgIpc) is 3.64. The SMILES string of the molecule is COc1c(-c2ccc(OC3CCN(C(=O)C4CC4)CC3)cc2)ccc2cccnc12.Cl.